The fourth-order valence-electron chi connectivity index (χ4n) is 2.29. The summed E-state index contributed by atoms with van der Waals surface area (Å²) in [7, 11) is -3.38. The molecule has 0 aliphatic rings. The van der Waals surface area contributed by atoms with Gasteiger partial charge in [0.15, 0.2) is 9.84 Å². The molecule has 3 aromatic rings. The predicted molar refractivity (Wildman–Crippen MR) is 86.3 cm³/mol. The van der Waals surface area contributed by atoms with Crippen LogP contribution in [-0.4, -0.2) is 8.42 Å². The van der Waals surface area contributed by atoms with Gasteiger partial charge in [-0.3, -0.25) is 0 Å². The van der Waals surface area contributed by atoms with Crippen LogP contribution in [0.25, 0.3) is 10.8 Å². The zero-order valence-corrected chi connectivity index (χ0v) is 12.7. The zero-order chi connectivity index (χ0) is 14.9. The molecule has 0 atom stereocenters. The molecule has 0 amide bonds. The molecule has 0 bridgehead atoms. The summed E-state index contributed by atoms with van der Waals surface area (Å²) in [4.78, 5) is 0.334. The summed E-state index contributed by atoms with van der Waals surface area (Å²) < 4.78 is 25.0. The molecule has 0 aliphatic heterocycles. The molecule has 0 heterocycles. The van der Waals surface area contributed by atoms with Crippen molar-refractivity contribution in [2.75, 3.05) is 0 Å². The van der Waals surface area contributed by atoms with E-state index in [9.17, 15) is 8.42 Å². The summed E-state index contributed by atoms with van der Waals surface area (Å²) in [5, 5.41) is 2.49. The van der Waals surface area contributed by atoms with Crippen molar-refractivity contribution in [3.05, 3.63) is 77.3 Å². The van der Waals surface area contributed by atoms with Gasteiger partial charge in [0.05, 0.1) is 10.6 Å². The molecule has 0 aromatic heterocycles. The molecular formula is C17H13ClO2S. The number of hydrogen-bond donors (Lipinski definition) is 0. The molecule has 0 saturated carbocycles. The molecule has 0 unspecified atom stereocenters. The Balaban J connectivity index is 2.00. The van der Waals surface area contributed by atoms with Gasteiger partial charge in [0, 0.05) is 5.02 Å². The van der Waals surface area contributed by atoms with E-state index in [-0.39, 0.29) is 5.75 Å². The molecule has 3 aromatic carbocycles. The molecule has 0 aliphatic carbocycles. The van der Waals surface area contributed by atoms with Crippen molar-refractivity contribution in [1.82, 2.24) is 0 Å². The van der Waals surface area contributed by atoms with Gasteiger partial charge in [-0.05, 0) is 40.6 Å². The number of benzene rings is 3. The Kier molecular flexibility index (Phi) is 3.70. The lowest BCUT2D eigenvalue weighted by Crippen LogP contribution is -2.04. The van der Waals surface area contributed by atoms with E-state index in [0.717, 1.165) is 10.8 Å². The summed E-state index contributed by atoms with van der Waals surface area (Å²) >= 11 is 5.90. The predicted octanol–water partition coefficient (Wildman–Crippen LogP) is 4.47. The van der Waals surface area contributed by atoms with Crippen molar-refractivity contribution in [1.29, 1.82) is 0 Å². The Morgan fingerprint density at radius 3 is 2.33 bits per heavy atom. The van der Waals surface area contributed by atoms with Crippen molar-refractivity contribution in [2.45, 2.75) is 10.6 Å². The van der Waals surface area contributed by atoms with Crippen molar-refractivity contribution in [3.63, 3.8) is 0 Å². The van der Waals surface area contributed by atoms with Gasteiger partial charge in [-0.25, -0.2) is 8.42 Å². The number of halogens is 1. The van der Waals surface area contributed by atoms with Crippen LogP contribution in [0.5, 0.6) is 0 Å². The van der Waals surface area contributed by atoms with Crippen molar-refractivity contribution in [2.24, 2.45) is 0 Å². The standard InChI is InChI=1S/C17H13ClO2S/c18-16-7-3-4-13(10-16)12-21(19,20)17-9-8-14-5-1-2-6-15(14)11-17/h1-11H,12H2. The zero-order valence-electron chi connectivity index (χ0n) is 11.2. The highest BCUT2D eigenvalue weighted by Crippen LogP contribution is 2.23. The van der Waals surface area contributed by atoms with Crippen LogP contribution < -0.4 is 0 Å². The maximum Gasteiger partial charge on any atom is 0.182 e. The third-order valence-corrected chi connectivity index (χ3v) is 5.25. The van der Waals surface area contributed by atoms with E-state index in [2.05, 4.69) is 0 Å². The largest absolute Gasteiger partial charge is 0.223 e. The van der Waals surface area contributed by atoms with Crippen LogP contribution in [0.1, 0.15) is 5.56 Å². The molecular weight excluding hydrogens is 304 g/mol. The lowest BCUT2D eigenvalue weighted by Gasteiger charge is -2.06. The maximum absolute atomic E-state index is 12.5. The smallest absolute Gasteiger partial charge is 0.182 e. The molecule has 4 heteroatoms. The van der Waals surface area contributed by atoms with Gasteiger partial charge in [-0.2, -0.15) is 0 Å². The first-order chi connectivity index (χ1) is 10.0. The van der Waals surface area contributed by atoms with Crippen LogP contribution in [0, 0.1) is 0 Å². The Morgan fingerprint density at radius 2 is 1.57 bits per heavy atom. The topological polar surface area (TPSA) is 34.1 Å². The quantitative estimate of drug-likeness (QED) is 0.714. The SMILES string of the molecule is O=S(=O)(Cc1cccc(Cl)c1)c1ccc2ccccc2c1. The molecule has 0 N–H and O–H groups in total. The monoisotopic (exact) mass is 316 g/mol. The molecule has 2 nitrogen and oxygen atoms in total. The number of fused-ring (bicyclic) bond motifs is 1. The Bertz CT molecular complexity index is 901. The Labute approximate surface area is 128 Å². The van der Waals surface area contributed by atoms with Crippen LogP contribution in [0.3, 0.4) is 0 Å². The van der Waals surface area contributed by atoms with Gasteiger partial charge >= 0.3 is 0 Å². The second kappa shape index (κ2) is 5.51. The van der Waals surface area contributed by atoms with E-state index in [1.54, 1.807) is 36.4 Å². The second-order valence-corrected chi connectivity index (χ2v) is 7.32. The van der Waals surface area contributed by atoms with Gasteiger partial charge in [0.25, 0.3) is 0 Å². The minimum Gasteiger partial charge on any atom is -0.223 e. The Hall–Kier alpha value is -1.84. The minimum atomic E-state index is -3.38. The lowest BCUT2D eigenvalue weighted by molar-refractivity contribution is 0.595. The molecule has 21 heavy (non-hydrogen) atoms. The molecule has 3 rings (SSSR count). The average molecular weight is 317 g/mol. The highest BCUT2D eigenvalue weighted by molar-refractivity contribution is 7.90. The van der Waals surface area contributed by atoms with Gasteiger partial charge in [-0.1, -0.05) is 54.1 Å². The highest BCUT2D eigenvalue weighted by atomic mass is 35.5. The summed E-state index contributed by atoms with van der Waals surface area (Å²) in [5.74, 6) is -0.0497. The van der Waals surface area contributed by atoms with Gasteiger partial charge < -0.3 is 0 Å². The molecule has 0 fully saturated rings. The van der Waals surface area contributed by atoms with Crippen molar-refractivity contribution < 1.29 is 8.42 Å². The highest BCUT2D eigenvalue weighted by Gasteiger charge is 2.15. The van der Waals surface area contributed by atoms with E-state index < -0.39 is 9.84 Å². The van der Waals surface area contributed by atoms with Gasteiger partial charge in [-0.15, -0.1) is 0 Å². The molecule has 0 radical (unpaired) electrons. The summed E-state index contributed by atoms with van der Waals surface area (Å²) in [5.41, 5.74) is 0.690. The number of sulfone groups is 1. The Morgan fingerprint density at radius 1 is 0.810 bits per heavy atom. The maximum atomic E-state index is 12.5. The van der Waals surface area contributed by atoms with Crippen LogP contribution in [0.2, 0.25) is 5.02 Å². The van der Waals surface area contributed by atoms with Crippen LogP contribution in [0.15, 0.2) is 71.6 Å². The average Bonchev–Trinajstić information content (AvgIpc) is 2.46. The summed E-state index contributed by atoms with van der Waals surface area (Å²) in [6.07, 6.45) is 0. The first-order valence-corrected chi connectivity index (χ1v) is 8.54. The second-order valence-electron chi connectivity index (χ2n) is 4.90. The van der Waals surface area contributed by atoms with E-state index >= 15 is 0 Å². The fraction of sp³-hybridized carbons (Fsp3) is 0.0588. The first-order valence-electron chi connectivity index (χ1n) is 6.51. The summed E-state index contributed by atoms with van der Waals surface area (Å²) in [6, 6.07) is 19.8. The molecule has 106 valence electrons. The number of hydrogen-bond acceptors (Lipinski definition) is 2. The number of rotatable bonds is 3. The first kappa shape index (κ1) is 14.1. The van der Waals surface area contributed by atoms with Gasteiger partial charge in [0.2, 0.25) is 0 Å². The molecule has 0 spiro atoms. The molecule has 0 saturated heterocycles. The van der Waals surface area contributed by atoms with Crippen LogP contribution >= 0.6 is 11.6 Å². The fourth-order valence-corrected chi connectivity index (χ4v) is 3.87. The van der Waals surface area contributed by atoms with E-state index in [0.29, 0.717) is 15.5 Å². The van der Waals surface area contributed by atoms with Crippen LogP contribution in [-0.2, 0) is 15.6 Å². The van der Waals surface area contributed by atoms with E-state index in [1.165, 1.54) is 0 Å². The normalized spacial score (nSPS) is 11.7. The van der Waals surface area contributed by atoms with Gasteiger partial charge in [0.1, 0.15) is 0 Å². The minimum absolute atomic E-state index is 0.0497. The summed E-state index contributed by atoms with van der Waals surface area (Å²) in [6.45, 7) is 0. The third kappa shape index (κ3) is 3.09. The van der Waals surface area contributed by atoms with Crippen LogP contribution in [0.4, 0.5) is 0 Å². The third-order valence-electron chi connectivity index (χ3n) is 3.33. The van der Waals surface area contributed by atoms with E-state index in [4.69, 9.17) is 11.6 Å². The van der Waals surface area contributed by atoms with Crippen molar-refractivity contribution >= 4 is 32.2 Å². The van der Waals surface area contributed by atoms with E-state index in [1.807, 2.05) is 30.3 Å². The van der Waals surface area contributed by atoms with Crippen molar-refractivity contribution in [3.8, 4) is 0 Å². The lowest BCUT2D eigenvalue weighted by atomic mass is 10.1.